The van der Waals surface area contributed by atoms with Crippen LogP contribution in [0.2, 0.25) is 0 Å². The molecule has 0 fully saturated rings. The van der Waals surface area contributed by atoms with Crippen LogP contribution in [-0.4, -0.2) is 20.1 Å². The molecule has 0 bridgehead atoms. The molecule has 0 spiro atoms. The van der Waals surface area contributed by atoms with Gasteiger partial charge in [-0.1, -0.05) is 13.8 Å². The van der Waals surface area contributed by atoms with Crippen LogP contribution in [0, 0.1) is 0 Å². The molecule has 0 saturated carbocycles. The zero-order chi connectivity index (χ0) is 12.2. The lowest BCUT2D eigenvalue weighted by Gasteiger charge is -2.26. The molecular formula is C13H19ClO2. The van der Waals surface area contributed by atoms with Gasteiger partial charge in [-0.2, -0.15) is 0 Å². The van der Waals surface area contributed by atoms with E-state index in [0.29, 0.717) is 5.88 Å². The van der Waals surface area contributed by atoms with Gasteiger partial charge < -0.3 is 9.47 Å². The van der Waals surface area contributed by atoms with Crippen molar-refractivity contribution in [1.29, 1.82) is 0 Å². The lowest BCUT2D eigenvalue weighted by Crippen LogP contribution is -2.19. The first-order valence-corrected chi connectivity index (χ1v) is 5.87. The van der Waals surface area contributed by atoms with E-state index in [-0.39, 0.29) is 5.41 Å². The standard InChI is InChI=1S/C13H19ClO2/c1-13(2,7-8-14)11-9-10(15-3)5-6-12(11)16-4/h5-6,9H,7-8H2,1-4H3. The lowest BCUT2D eigenvalue weighted by atomic mass is 9.81. The molecule has 90 valence electrons. The van der Waals surface area contributed by atoms with E-state index in [0.717, 1.165) is 23.5 Å². The molecule has 16 heavy (non-hydrogen) atoms. The van der Waals surface area contributed by atoms with E-state index in [1.807, 2.05) is 18.2 Å². The Labute approximate surface area is 103 Å². The minimum atomic E-state index is -0.0123. The van der Waals surface area contributed by atoms with Crippen LogP contribution in [0.1, 0.15) is 25.8 Å². The molecule has 1 aromatic rings. The molecule has 0 aliphatic heterocycles. The Bertz CT molecular complexity index is 348. The van der Waals surface area contributed by atoms with Crippen LogP contribution in [0.3, 0.4) is 0 Å². The maximum absolute atomic E-state index is 5.83. The fourth-order valence-corrected chi connectivity index (χ4v) is 2.19. The summed E-state index contributed by atoms with van der Waals surface area (Å²) in [5.74, 6) is 2.36. The second kappa shape index (κ2) is 5.44. The van der Waals surface area contributed by atoms with Gasteiger partial charge in [-0.25, -0.2) is 0 Å². The van der Waals surface area contributed by atoms with E-state index in [9.17, 15) is 0 Å². The van der Waals surface area contributed by atoms with Crippen LogP contribution < -0.4 is 9.47 Å². The molecule has 0 aromatic heterocycles. The summed E-state index contributed by atoms with van der Waals surface area (Å²) in [6.07, 6.45) is 0.901. The first-order valence-electron chi connectivity index (χ1n) is 5.33. The van der Waals surface area contributed by atoms with Gasteiger partial charge in [0.1, 0.15) is 11.5 Å². The largest absolute Gasteiger partial charge is 0.497 e. The van der Waals surface area contributed by atoms with Crippen molar-refractivity contribution in [2.45, 2.75) is 25.7 Å². The lowest BCUT2D eigenvalue weighted by molar-refractivity contribution is 0.381. The minimum absolute atomic E-state index is 0.0123. The average molecular weight is 243 g/mol. The molecule has 2 nitrogen and oxygen atoms in total. The smallest absolute Gasteiger partial charge is 0.122 e. The van der Waals surface area contributed by atoms with Gasteiger partial charge in [0.25, 0.3) is 0 Å². The highest BCUT2D eigenvalue weighted by molar-refractivity contribution is 6.17. The first kappa shape index (κ1) is 13.2. The Morgan fingerprint density at radius 2 is 1.88 bits per heavy atom. The SMILES string of the molecule is COc1ccc(OC)c(C(C)(C)CCCl)c1. The topological polar surface area (TPSA) is 18.5 Å². The highest BCUT2D eigenvalue weighted by Crippen LogP contribution is 2.36. The van der Waals surface area contributed by atoms with Crippen molar-refractivity contribution >= 4 is 11.6 Å². The van der Waals surface area contributed by atoms with Crippen molar-refractivity contribution < 1.29 is 9.47 Å². The van der Waals surface area contributed by atoms with Gasteiger partial charge in [-0.15, -0.1) is 11.6 Å². The normalized spacial score (nSPS) is 11.3. The van der Waals surface area contributed by atoms with E-state index in [2.05, 4.69) is 13.8 Å². The predicted octanol–water partition coefficient (Wildman–Crippen LogP) is 3.61. The second-order valence-electron chi connectivity index (χ2n) is 4.39. The average Bonchev–Trinajstić information content (AvgIpc) is 2.28. The Morgan fingerprint density at radius 1 is 1.19 bits per heavy atom. The summed E-state index contributed by atoms with van der Waals surface area (Å²) in [5.41, 5.74) is 1.12. The molecule has 0 unspecified atom stereocenters. The minimum Gasteiger partial charge on any atom is -0.497 e. The fraction of sp³-hybridized carbons (Fsp3) is 0.538. The maximum Gasteiger partial charge on any atom is 0.122 e. The number of hydrogen-bond acceptors (Lipinski definition) is 2. The Balaban J connectivity index is 3.17. The van der Waals surface area contributed by atoms with Crippen LogP contribution in [-0.2, 0) is 5.41 Å². The van der Waals surface area contributed by atoms with Crippen LogP contribution in [0.4, 0.5) is 0 Å². The number of alkyl halides is 1. The third-order valence-electron chi connectivity index (χ3n) is 2.86. The van der Waals surface area contributed by atoms with E-state index < -0.39 is 0 Å². The van der Waals surface area contributed by atoms with Crippen LogP contribution in [0.15, 0.2) is 18.2 Å². The Hall–Kier alpha value is -0.890. The van der Waals surface area contributed by atoms with Crippen molar-refractivity contribution in [3.05, 3.63) is 23.8 Å². The van der Waals surface area contributed by atoms with Crippen molar-refractivity contribution in [2.24, 2.45) is 0 Å². The highest BCUT2D eigenvalue weighted by Gasteiger charge is 2.24. The summed E-state index contributed by atoms with van der Waals surface area (Å²) in [6.45, 7) is 4.32. The first-order chi connectivity index (χ1) is 7.55. The number of hydrogen-bond donors (Lipinski definition) is 0. The van der Waals surface area contributed by atoms with Crippen LogP contribution in [0.25, 0.3) is 0 Å². The van der Waals surface area contributed by atoms with Gasteiger partial charge in [0.2, 0.25) is 0 Å². The van der Waals surface area contributed by atoms with Gasteiger partial charge >= 0.3 is 0 Å². The molecule has 0 atom stereocenters. The zero-order valence-electron chi connectivity index (χ0n) is 10.3. The second-order valence-corrected chi connectivity index (χ2v) is 4.77. The van der Waals surface area contributed by atoms with Crippen LogP contribution in [0.5, 0.6) is 11.5 Å². The summed E-state index contributed by atoms with van der Waals surface area (Å²) in [6, 6.07) is 5.86. The number of benzene rings is 1. The molecule has 0 aliphatic carbocycles. The van der Waals surface area contributed by atoms with E-state index in [1.54, 1.807) is 14.2 Å². The maximum atomic E-state index is 5.83. The summed E-state index contributed by atoms with van der Waals surface area (Å²) in [7, 11) is 3.35. The Morgan fingerprint density at radius 3 is 2.38 bits per heavy atom. The third kappa shape index (κ3) is 2.82. The number of methoxy groups -OCH3 is 2. The molecule has 0 saturated heterocycles. The van der Waals surface area contributed by atoms with E-state index >= 15 is 0 Å². The van der Waals surface area contributed by atoms with Crippen molar-refractivity contribution in [3.8, 4) is 11.5 Å². The monoisotopic (exact) mass is 242 g/mol. The Kier molecular flexibility index (Phi) is 4.48. The summed E-state index contributed by atoms with van der Waals surface area (Å²) < 4.78 is 10.6. The van der Waals surface area contributed by atoms with Gasteiger partial charge in [0, 0.05) is 11.4 Å². The van der Waals surface area contributed by atoms with Crippen molar-refractivity contribution in [3.63, 3.8) is 0 Å². The molecule has 3 heteroatoms. The molecule has 1 rings (SSSR count). The van der Waals surface area contributed by atoms with E-state index in [4.69, 9.17) is 21.1 Å². The molecule has 0 N–H and O–H groups in total. The molecule has 0 aliphatic rings. The number of halogens is 1. The fourth-order valence-electron chi connectivity index (χ4n) is 1.71. The third-order valence-corrected chi connectivity index (χ3v) is 3.04. The molecule has 0 heterocycles. The zero-order valence-corrected chi connectivity index (χ0v) is 11.1. The highest BCUT2D eigenvalue weighted by atomic mass is 35.5. The van der Waals surface area contributed by atoms with E-state index in [1.165, 1.54) is 0 Å². The summed E-state index contributed by atoms with van der Waals surface area (Å²) in [4.78, 5) is 0. The summed E-state index contributed by atoms with van der Waals surface area (Å²) >= 11 is 5.83. The van der Waals surface area contributed by atoms with Crippen molar-refractivity contribution in [1.82, 2.24) is 0 Å². The van der Waals surface area contributed by atoms with Crippen LogP contribution >= 0.6 is 11.6 Å². The van der Waals surface area contributed by atoms with Crippen molar-refractivity contribution in [2.75, 3.05) is 20.1 Å². The molecular weight excluding hydrogens is 224 g/mol. The number of rotatable bonds is 5. The number of ether oxygens (including phenoxy) is 2. The van der Waals surface area contributed by atoms with Gasteiger partial charge in [-0.05, 0) is 30.0 Å². The van der Waals surface area contributed by atoms with Gasteiger partial charge in [0.15, 0.2) is 0 Å². The molecule has 0 amide bonds. The quantitative estimate of drug-likeness (QED) is 0.735. The predicted molar refractivity (Wildman–Crippen MR) is 67.9 cm³/mol. The molecule has 1 aromatic carbocycles. The molecule has 0 radical (unpaired) electrons. The van der Waals surface area contributed by atoms with Gasteiger partial charge in [-0.3, -0.25) is 0 Å². The summed E-state index contributed by atoms with van der Waals surface area (Å²) in [5, 5.41) is 0. The van der Waals surface area contributed by atoms with Gasteiger partial charge in [0.05, 0.1) is 14.2 Å².